The molecule has 3 aromatic carbocycles. The number of amides is 1. The second kappa shape index (κ2) is 8.05. The number of hydrogen-bond donors (Lipinski definition) is 1. The third kappa shape index (κ3) is 3.76. The molecule has 1 atom stereocenters. The minimum atomic E-state index is -3.84. The molecule has 0 bridgehead atoms. The van der Waals surface area contributed by atoms with Crippen LogP contribution in [0.1, 0.15) is 22.3 Å². The maximum atomic E-state index is 13.4. The normalized spacial score (nSPS) is 16.7. The highest BCUT2D eigenvalue weighted by molar-refractivity contribution is 7.89. The highest BCUT2D eigenvalue weighted by atomic mass is 32.2. The molecule has 0 fully saturated rings. The molecular formula is C24H24N2O3S. The highest BCUT2D eigenvalue weighted by Crippen LogP contribution is 2.30. The Labute approximate surface area is 177 Å². The molecule has 0 aliphatic carbocycles. The minimum Gasteiger partial charge on any atom is -0.324 e. The van der Waals surface area contributed by atoms with Crippen LogP contribution in [-0.2, 0) is 27.8 Å². The van der Waals surface area contributed by atoms with Gasteiger partial charge in [0.25, 0.3) is 0 Å². The lowest BCUT2D eigenvalue weighted by Crippen LogP contribution is -2.50. The lowest BCUT2D eigenvalue weighted by Gasteiger charge is -2.35. The second-order valence-corrected chi connectivity index (χ2v) is 9.48. The monoisotopic (exact) mass is 420 g/mol. The number of carbonyl (C=O) groups excluding carboxylic acids is 1. The van der Waals surface area contributed by atoms with Crippen molar-refractivity contribution in [2.24, 2.45) is 0 Å². The number of carbonyl (C=O) groups is 1. The van der Waals surface area contributed by atoms with Gasteiger partial charge in [-0.1, -0.05) is 54.6 Å². The number of sulfonamides is 1. The number of rotatable bonds is 4. The van der Waals surface area contributed by atoms with Gasteiger partial charge in [0, 0.05) is 12.2 Å². The van der Waals surface area contributed by atoms with Gasteiger partial charge in [-0.05, 0) is 60.7 Å². The molecule has 3 aromatic rings. The number of nitrogens with zero attached hydrogens (tertiary/aromatic N) is 1. The molecule has 4 rings (SSSR count). The van der Waals surface area contributed by atoms with Gasteiger partial charge in [-0.25, -0.2) is 8.42 Å². The van der Waals surface area contributed by atoms with Crippen LogP contribution in [0.4, 0.5) is 5.69 Å². The number of anilines is 1. The molecule has 0 unspecified atom stereocenters. The zero-order chi connectivity index (χ0) is 21.3. The summed E-state index contributed by atoms with van der Waals surface area (Å²) < 4.78 is 28.2. The van der Waals surface area contributed by atoms with Crippen LogP contribution in [0.25, 0.3) is 0 Å². The molecule has 5 nitrogen and oxygen atoms in total. The summed E-state index contributed by atoms with van der Waals surface area (Å²) in [6.07, 6.45) is 0.332. The molecule has 1 amide bonds. The maximum absolute atomic E-state index is 13.4. The van der Waals surface area contributed by atoms with Crippen molar-refractivity contribution in [1.29, 1.82) is 0 Å². The zero-order valence-electron chi connectivity index (χ0n) is 17.0. The summed E-state index contributed by atoms with van der Waals surface area (Å²) in [5, 5.41) is 2.96. The van der Waals surface area contributed by atoms with Gasteiger partial charge < -0.3 is 5.32 Å². The Kier molecular flexibility index (Phi) is 5.45. The number of nitrogens with one attached hydrogen (secondary N) is 1. The molecule has 1 aliphatic rings. The fourth-order valence-corrected chi connectivity index (χ4v) is 5.39. The van der Waals surface area contributed by atoms with E-state index >= 15 is 0 Å². The topological polar surface area (TPSA) is 66.5 Å². The van der Waals surface area contributed by atoms with E-state index in [1.54, 1.807) is 30.3 Å². The third-order valence-electron chi connectivity index (χ3n) is 5.72. The lowest BCUT2D eigenvalue weighted by molar-refractivity contribution is -0.120. The van der Waals surface area contributed by atoms with Crippen molar-refractivity contribution in [2.75, 3.05) is 5.32 Å². The fraction of sp³-hybridized carbons (Fsp3) is 0.208. The van der Waals surface area contributed by atoms with Crippen LogP contribution in [0.15, 0.2) is 77.7 Å². The fourth-order valence-electron chi connectivity index (χ4n) is 3.81. The van der Waals surface area contributed by atoms with E-state index in [2.05, 4.69) is 5.32 Å². The van der Waals surface area contributed by atoms with Crippen LogP contribution < -0.4 is 5.32 Å². The van der Waals surface area contributed by atoms with Crippen LogP contribution in [-0.4, -0.2) is 24.7 Å². The van der Waals surface area contributed by atoms with Gasteiger partial charge in [0.2, 0.25) is 15.9 Å². The van der Waals surface area contributed by atoms with Gasteiger partial charge in [0.15, 0.2) is 0 Å². The van der Waals surface area contributed by atoms with Crippen LogP contribution in [0, 0.1) is 13.8 Å². The number of hydrogen-bond acceptors (Lipinski definition) is 3. The van der Waals surface area contributed by atoms with Crippen LogP contribution in [0.3, 0.4) is 0 Å². The lowest BCUT2D eigenvalue weighted by atomic mass is 9.95. The Morgan fingerprint density at radius 3 is 2.30 bits per heavy atom. The van der Waals surface area contributed by atoms with Crippen molar-refractivity contribution in [3.05, 3.63) is 95.1 Å². The molecule has 1 N–H and O–H groups in total. The standard InChI is InChI=1S/C24H24N2O3S/c1-17-9-8-14-22(18(17)2)25-24(27)23-15-19-10-6-7-11-20(19)16-26(23)30(28,29)21-12-4-3-5-13-21/h3-14,23H,15-16H2,1-2H3,(H,25,27)/t23-/m1/s1. The first-order chi connectivity index (χ1) is 14.4. The molecule has 154 valence electrons. The van der Waals surface area contributed by atoms with Crippen molar-refractivity contribution in [2.45, 2.75) is 37.8 Å². The first-order valence-corrected chi connectivity index (χ1v) is 11.3. The SMILES string of the molecule is Cc1cccc(NC(=O)[C@H]2Cc3ccccc3CN2S(=O)(=O)c2ccccc2)c1C. The second-order valence-electron chi connectivity index (χ2n) is 7.59. The zero-order valence-corrected chi connectivity index (χ0v) is 17.8. The summed E-state index contributed by atoms with van der Waals surface area (Å²) in [6, 6.07) is 20.8. The summed E-state index contributed by atoms with van der Waals surface area (Å²) in [4.78, 5) is 13.5. The van der Waals surface area contributed by atoms with E-state index in [9.17, 15) is 13.2 Å². The predicted molar refractivity (Wildman–Crippen MR) is 118 cm³/mol. The highest BCUT2D eigenvalue weighted by Gasteiger charge is 2.39. The van der Waals surface area contributed by atoms with Crippen LogP contribution in [0.2, 0.25) is 0 Å². The molecule has 1 heterocycles. The van der Waals surface area contributed by atoms with Gasteiger partial charge in [0.1, 0.15) is 6.04 Å². The Balaban J connectivity index is 1.73. The van der Waals surface area contributed by atoms with E-state index in [1.165, 1.54) is 4.31 Å². The third-order valence-corrected chi connectivity index (χ3v) is 7.59. The van der Waals surface area contributed by atoms with Crippen LogP contribution in [0.5, 0.6) is 0 Å². The number of aryl methyl sites for hydroxylation is 1. The summed E-state index contributed by atoms with van der Waals surface area (Å²) in [7, 11) is -3.84. The molecule has 30 heavy (non-hydrogen) atoms. The molecule has 0 aromatic heterocycles. The van der Waals surface area contributed by atoms with Crippen LogP contribution >= 0.6 is 0 Å². The first-order valence-electron chi connectivity index (χ1n) is 9.88. The number of benzene rings is 3. The summed E-state index contributed by atoms with van der Waals surface area (Å²) in [5.41, 5.74) is 4.66. The van der Waals surface area contributed by atoms with Crippen molar-refractivity contribution in [3.63, 3.8) is 0 Å². The molecular weight excluding hydrogens is 396 g/mol. The molecule has 0 saturated heterocycles. The first kappa shape index (κ1) is 20.3. The average molecular weight is 421 g/mol. The van der Waals surface area contributed by atoms with Gasteiger partial charge >= 0.3 is 0 Å². The molecule has 1 aliphatic heterocycles. The van der Waals surface area contributed by atoms with Gasteiger partial charge in [0.05, 0.1) is 4.90 Å². The maximum Gasteiger partial charge on any atom is 0.244 e. The van der Waals surface area contributed by atoms with Gasteiger partial charge in [-0.3, -0.25) is 4.79 Å². The van der Waals surface area contributed by atoms with E-state index in [4.69, 9.17) is 0 Å². The Hall–Kier alpha value is -2.96. The summed E-state index contributed by atoms with van der Waals surface area (Å²) in [6.45, 7) is 4.09. The smallest absolute Gasteiger partial charge is 0.244 e. The largest absolute Gasteiger partial charge is 0.324 e. The van der Waals surface area contributed by atoms with E-state index in [1.807, 2.05) is 56.3 Å². The van der Waals surface area contributed by atoms with Crippen molar-refractivity contribution in [1.82, 2.24) is 4.31 Å². The molecule has 0 spiro atoms. The van der Waals surface area contributed by atoms with Crippen molar-refractivity contribution < 1.29 is 13.2 Å². The summed E-state index contributed by atoms with van der Waals surface area (Å²) in [5.74, 6) is -0.322. The van der Waals surface area contributed by atoms with E-state index in [-0.39, 0.29) is 17.3 Å². The Bertz CT molecular complexity index is 1190. The average Bonchev–Trinajstić information content (AvgIpc) is 2.76. The number of fused-ring (bicyclic) bond motifs is 1. The van der Waals surface area contributed by atoms with E-state index in [0.717, 1.165) is 22.3 Å². The summed E-state index contributed by atoms with van der Waals surface area (Å²) >= 11 is 0. The molecule has 0 radical (unpaired) electrons. The Morgan fingerprint density at radius 1 is 0.900 bits per heavy atom. The quantitative estimate of drug-likeness (QED) is 0.692. The molecule has 6 heteroatoms. The minimum absolute atomic E-state index is 0.165. The van der Waals surface area contributed by atoms with Crippen molar-refractivity contribution in [3.8, 4) is 0 Å². The Morgan fingerprint density at radius 2 is 1.57 bits per heavy atom. The predicted octanol–water partition coefficient (Wildman–Crippen LogP) is 4.06. The van der Waals surface area contributed by atoms with E-state index < -0.39 is 16.1 Å². The molecule has 0 saturated carbocycles. The van der Waals surface area contributed by atoms with Gasteiger partial charge in [-0.2, -0.15) is 4.31 Å². The van der Waals surface area contributed by atoms with E-state index in [0.29, 0.717) is 12.1 Å². The van der Waals surface area contributed by atoms with Gasteiger partial charge in [-0.15, -0.1) is 0 Å². The van der Waals surface area contributed by atoms with Crippen molar-refractivity contribution >= 4 is 21.6 Å².